The van der Waals surface area contributed by atoms with Crippen molar-refractivity contribution in [2.45, 2.75) is 21.3 Å². The Bertz CT molecular complexity index is 374. The summed E-state index contributed by atoms with van der Waals surface area (Å²) in [6.07, 6.45) is -2.95. The van der Waals surface area contributed by atoms with Gasteiger partial charge in [0, 0.05) is 36.8 Å². The molecule has 1 heterocycles. The molecular formula is C7H10Br2N2O8. The van der Waals surface area contributed by atoms with Crippen molar-refractivity contribution >= 4 is 31.9 Å². The van der Waals surface area contributed by atoms with Gasteiger partial charge in [-0.3, -0.25) is 20.2 Å². The zero-order valence-corrected chi connectivity index (χ0v) is 12.4. The third-order valence-corrected chi connectivity index (χ3v) is 4.30. The minimum atomic E-state index is -2.22. The predicted molar refractivity (Wildman–Crippen MR) is 66.1 cm³/mol. The van der Waals surface area contributed by atoms with Crippen molar-refractivity contribution in [2.24, 2.45) is 0 Å². The van der Waals surface area contributed by atoms with Crippen LogP contribution in [0.1, 0.15) is 0 Å². The van der Waals surface area contributed by atoms with E-state index in [1.165, 1.54) is 0 Å². The van der Waals surface area contributed by atoms with Gasteiger partial charge in [-0.15, -0.1) is 0 Å². The molecule has 0 aromatic rings. The summed E-state index contributed by atoms with van der Waals surface area (Å²) >= 11 is 5.34. The summed E-state index contributed by atoms with van der Waals surface area (Å²) in [4.78, 5) is 19.8. The number of alkyl halides is 2. The first-order chi connectivity index (χ1) is 8.67. The maximum Gasteiger partial charge on any atom is 0.403 e. The minimum Gasteiger partial charge on any atom is -0.388 e. The molecule has 0 saturated carbocycles. The summed E-state index contributed by atoms with van der Waals surface area (Å²) in [5.74, 6) is 0. The molecule has 0 spiro atoms. The Hall–Kier alpha value is -0.400. The largest absolute Gasteiger partial charge is 0.403 e. The van der Waals surface area contributed by atoms with Crippen LogP contribution in [0.5, 0.6) is 0 Å². The lowest BCUT2D eigenvalue weighted by atomic mass is 10.1. The van der Waals surface area contributed by atoms with E-state index in [9.17, 15) is 25.3 Å². The molecule has 4 atom stereocenters. The third-order valence-electron chi connectivity index (χ3n) is 2.55. The van der Waals surface area contributed by atoms with Gasteiger partial charge in [0.2, 0.25) is 0 Å². The monoisotopic (exact) mass is 408 g/mol. The Balaban J connectivity index is 2.75. The lowest BCUT2D eigenvalue weighted by molar-refractivity contribution is -0.607. The van der Waals surface area contributed by atoms with Crippen molar-refractivity contribution in [2.75, 3.05) is 19.8 Å². The molecule has 10 nitrogen and oxygen atoms in total. The molecule has 0 radical (unpaired) electrons. The highest BCUT2D eigenvalue weighted by Crippen LogP contribution is 2.32. The molecule has 0 aromatic heterocycles. The summed E-state index contributed by atoms with van der Waals surface area (Å²) in [5.41, 5.74) is 0. The lowest BCUT2D eigenvalue weighted by Gasteiger charge is -2.34. The molecule has 1 rings (SSSR count). The average Bonchev–Trinajstić information content (AvgIpc) is 2.37. The Morgan fingerprint density at radius 3 is 2.42 bits per heavy atom. The van der Waals surface area contributed by atoms with Gasteiger partial charge in [-0.2, -0.15) is 0 Å². The molecule has 12 heteroatoms. The van der Waals surface area contributed by atoms with E-state index in [2.05, 4.69) is 31.9 Å². The summed E-state index contributed by atoms with van der Waals surface area (Å²) < 4.78 is 5.73. The smallest absolute Gasteiger partial charge is 0.388 e. The molecule has 1 aliphatic heterocycles. The van der Waals surface area contributed by atoms with Crippen molar-refractivity contribution in [1.29, 1.82) is 0 Å². The molecule has 2 N–H and O–H groups in total. The van der Waals surface area contributed by atoms with Gasteiger partial charge < -0.3 is 19.7 Å². The fourth-order valence-electron chi connectivity index (χ4n) is 1.34. The Morgan fingerprint density at radius 1 is 1.53 bits per heavy atom. The van der Waals surface area contributed by atoms with E-state index in [-0.39, 0.29) is 0 Å². The fourth-order valence-corrected chi connectivity index (χ4v) is 1.90. The normalized spacial score (nSPS) is 32.3. The first-order valence-electron chi connectivity index (χ1n) is 4.88. The maximum atomic E-state index is 10.8. The van der Waals surface area contributed by atoms with Crippen LogP contribution in [0.15, 0.2) is 0 Å². The molecule has 0 amide bonds. The molecule has 4 unspecified atom stereocenters. The maximum absolute atomic E-state index is 10.8. The standard InChI is InChI=1S/C7H10Br2N2O8/c8-6(2-12,10(14)15)5(13)4-1-19-7(9,3-18-4)11(16)17/h4-5,12-13H,1-3H2. The summed E-state index contributed by atoms with van der Waals surface area (Å²) in [7, 11) is 0. The van der Waals surface area contributed by atoms with Crippen LogP contribution >= 0.6 is 31.9 Å². The van der Waals surface area contributed by atoms with E-state index < -0.39 is 51.0 Å². The highest BCUT2D eigenvalue weighted by molar-refractivity contribution is 9.10. The van der Waals surface area contributed by atoms with Gasteiger partial charge in [0.25, 0.3) is 0 Å². The second kappa shape index (κ2) is 5.93. The molecule has 1 saturated heterocycles. The first kappa shape index (κ1) is 16.7. The predicted octanol–water partition coefficient (Wildman–Crippen LogP) is -0.552. The quantitative estimate of drug-likeness (QED) is 0.266. The van der Waals surface area contributed by atoms with Gasteiger partial charge in [-0.05, 0) is 0 Å². The van der Waals surface area contributed by atoms with Crippen LogP contribution in [0, 0.1) is 20.2 Å². The number of nitro groups is 2. The second-order valence-electron chi connectivity index (χ2n) is 3.79. The van der Waals surface area contributed by atoms with Crippen LogP contribution in [-0.2, 0) is 9.47 Å². The van der Waals surface area contributed by atoms with Crippen LogP contribution in [-0.4, -0.2) is 61.2 Å². The van der Waals surface area contributed by atoms with Gasteiger partial charge in [0.05, 0.1) is 11.5 Å². The van der Waals surface area contributed by atoms with E-state index >= 15 is 0 Å². The highest BCUT2D eigenvalue weighted by atomic mass is 79.9. The molecule has 1 aliphatic rings. The number of hydrogen-bond acceptors (Lipinski definition) is 8. The van der Waals surface area contributed by atoms with Crippen molar-refractivity contribution in [3.8, 4) is 0 Å². The van der Waals surface area contributed by atoms with Crippen LogP contribution in [0.4, 0.5) is 0 Å². The zero-order chi connectivity index (χ0) is 14.8. The van der Waals surface area contributed by atoms with E-state index in [0.717, 1.165) is 0 Å². The molecule has 110 valence electrons. The molecule has 19 heavy (non-hydrogen) atoms. The Labute approximate surface area is 123 Å². The highest BCUT2D eigenvalue weighted by Gasteiger charge is 2.55. The van der Waals surface area contributed by atoms with Gasteiger partial charge in [0.15, 0.2) is 12.7 Å². The first-order valence-corrected chi connectivity index (χ1v) is 6.47. The lowest BCUT2D eigenvalue weighted by Crippen LogP contribution is -2.58. The molecule has 0 aromatic carbocycles. The topological polar surface area (TPSA) is 145 Å². The van der Waals surface area contributed by atoms with Crippen molar-refractivity contribution in [1.82, 2.24) is 0 Å². The number of hydrogen-bond donors (Lipinski definition) is 2. The van der Waals surface area contributed by atoms with Crippen molar-refractivity contribution < 1.29 is 29.5 Å². The summed E-state index contributed by atoms with van der Waals surface area (Å²) in [6, 6.07) is 0. The van der Waals surface area contributed by atoms with Gasteiger partial charge >= 0.3 is 9.08 Å². The fraction of sp³-hybridized carbons (Fsp3) is 1.00. The van der Waals surface area contributed by atoms with Crippen LogP contribution in [0.2, 0.25) is 0 Å². The number of rotatable bonds is 5. The third kappa shape index (κ3) is 3.20. The van der Waals surface area contributed by atoms with Crippen molar-refractivity contribution in [3.63, 3.8) is 0 Å². The van der Waals surface area contributed by atoms with E-state index in [1.54, 1.807) is 0 Å². The number of ether oxygens (including phenoxy) is 2. The molecular weight excluding hydrogens is 400 g/mol. The van der Waals surface area contributed by atoms with E-state index in [1.807, 2.05) is 0 Å². The Morgan fingerprint density at radius 2 is 2.11 bits per heavy atom. The average molecular weight is 410 g/mol. The minimum absolute atomic E-state index is 0.450. The SMILES string of the molecule is O=[N+]([O-])C1(Br)COC(C(O)C(Br)(CO)[N+](=O)[O-])CO1. The molecule has 0 bridgehead atoms. The second-order valence-corrected chi connectivity index (χ2v) is 6.40. The zero-order valence-electron chi connectivity index (χ0n) is 9.27. The number of aliphatic hydroxyl groups is 2. The van der Waals surface area contributed by atoms with Crippen LogP contribution < -0.4 is 0 Å². The Kier molecular flexibility index (Phi) is 5.20. The van der Waals surface area contributed by atoms with Gasteiger partial charge in [-0.25, -0.2) is 0 Å². The molecule has 1 fully saturated rings. The van der Waals surface area contributed by atoms with Gasteiger partial charge in [-0.1, -0.05) is 0 Å². The summed E-state index contributed by atoms with van der Waals surface area (Å²) in [6.45, 7) is -1.99. The number of aliphatic hydroxyl groups excluding tert-OH is 2. The van der Waals surface area contributed by atoms with Crippen molar-refractivity contribution in [3.05, 3.63) is 20.2 Å². The van der Waals surface area contributed by atoms with Gasteiger partial charge in [0.1, 0.15) is 12.7 Å². The van der Waals surface area contributed by atoms with Crippen LogP contribution in [0.3, 0.4) is 0 Å². The molecule has 0 aliphatic carbocycles. The van der Waals surface area contributed by atoms with E-state index in [4.69, 9.17) is 14.6 Å². The summed E-state index contributed by atoms with van der Waals surface area (Å²) in [5, 5.41) is 40.3. The number of nitrogens with zero attached hydrogens (tertiary/aromatic N) is 2. The number of halogens is 2. The van der Waals surface area contributed by atoms with E-state index in [0.29, 0.717) is 0 Å². The van der Waals surface area contributed by atoms with Crippen LogP contribution in [0.25, 0.3) is 0 Å².